The van der Waals surface area contributed by atoms with Gasteiger partial charge in [0.25, 0.3) is 0 Å². The summed E-state index contributed by atoms with van der Waals surface area (Å²) >= 11 is 8.31. The zero-order chi connectivity index (χ0) is 37.8. The van der Waals surface area contributed by atoms with Crippen LogP contribution in [0.1, 0.15) is 91.2 Å². The molecule has 52 heavy (non-hydrogen) atoms. The number of aromatic nitrogens is 2. The number of hydrogen-bond acceptors (Lipinski definition) is 9. The number of likely N-dealkylation sites (tertiary alicyclic amines) is 1. The van der Waals surface area contributed by atoms with Crippen molar-refractivity contribution in [3.05, 3.63) is 59.6 Å². The first-order valence-corrected chi connectivity index (χ1v) is 19.4. The molecule has 12 heteroatoms. The number of pyridine rings is 1. The number of nitrogens with one attached hydrogen (secondary N) is 1. The van der Waals surface area contributed by atoms with Crippen molar-refractivity contribution in [3.8, 4) is 22.2 Å². The fourth-order valence-electron chi connectivity index (χ4n) is 6.87. The number of methoxy groups -OCH3 is 1. The Labute approximate surface area is 316 Å². The fraction of sp³-hybridized carbons (Fsp3) is 0.525. The molecule has 1 aromatic carbocycles. The van der Waals surface area contributed by atoms with Crippen molar-refractivity contribution in [1.29, 1.82) is 0 Å². The molecular formula is C40H51ClN4O6S. The number of esters is 1. The van der Waals surface area contributed by atoms with Gasteiger partial charge in [-0.25, -0.2) is 14.8 Å². The number of thiazole rings is 1. The molecule has 2 amide bonds. The Bertz CT molecular complexity index is 1820. The van der Waals surface area contributed by atoms with Gasteiger partial charge < -0.3 is 24.4 Å². The minimum atomic E-state index is -1.20. The SMILES string of the molecule is C=CCCCCCC(C)(C)C(=O)N1C[C@H](Oc2cc(-c3nc(C(C)C)cs3)nc3c(Cl)c(OC)ccc23)CC1C(=O)N[C@]1(C(=O)OCC)C[C@H]1C=C. The number of ether oxygens (including phenoxy) is 3. The summed E-state index contributed by atoms with van der Waals surface area (Å²) in [5, 5.41) is 6.72. The second-order valence-electron chi connectivity index (χ2n) is 14.7. The molecule has 280 valence electrons. The highest BCUT2D eigenvalue weighted by Gasteiger charge is 2.62. The zero-order valence-electron chi connectivity index (χ0n) is 31.1. The molecule has 1 aliphatic carbocycles. The van der Waals surface area contributed by atoms with Gasteiger partial charge in [0.2, 0.25) is 11.8 Å². The van der Waals surface area contributed by atoms with Crippen LogP contribution in [0.3, 0.4) is 0 Å². The quantitative estimate of drug-likeness (QED) is 0.0832. The molecule has 2 aliphatic rings. The Morgan fingerprint density at radius 3 is 2.58 bits per heavy atom. The van der Waals surface area contributed by atoms with E-state index in [9.17, 15) is 14.4 Å². The predicted molar refractivity (Wildman–Crippen MR) is 206 cm³/mol. The maximum absolute atomic E-state index is 14.4. The summed E-state index contributed by atoms with van der Waals surface area (Å²) < 4.78 is 17.6. The van der Waals surface area contributed by atoms with Crippen molar-refractivity contribution in [1.82, 2.24) is 20.2 Å². The van der Waals surface area contributed by atoms with Crippen LogP contribution in [0.5, 0.6) is 11.5 Å². The topological polar surface area (TPSA) is 120 Å². The number of carbonyl (C=O) groups excluding carboxylic acids is 3. The van der Waals surface area contributed by atoms with Gasteiger partial charge in [0.05, 0.1) is 31.5 Å². The number of allylic oxidation sites excluding steroid dienone is 1. The molecule has 0 radical (unpaired) electrons. The van der Waals surface area contributed by atoms with E-state index in [0.717, 1.165) is 36.4 Å². The van der Waals surface area contributed by atoms with E-state index < -0.39 is 35.0 Å². The first-order valence-electron chi connectivity index (χ1n) is 18.1. The zero-order valence-corrected chi connectivity index (χ0v) is 32.7. The number of carbonyl (C=O) groups is 3. The highest BCUT2D eigenvalue weighted by atomic mass is 35.5. The molecule has 1 N–H and O–H groups in total. The second-order valence-corrected chi connectivity index (χ2v) is 15.9. The average Bonchev–Trinajstić information content (AvgIpc) is 3.41. The van der Waals surface area contributed by atoms with Crippen LogP contribution < -0.4 is 14.8 Å². The largest absolute Gasteiger partial charge is 0.495 e. The van der Waals surface area contributed by atoms with Crippen LogP contribution in [0.25, 0.3) is 21.6 Å². The molecule has 3 heterocycles. The van der Waals surface area contributed by atoms with E-state index in [0.29, 0.717) is 46.0 Å². The molecule has 3 aromatic rings. The van der Waals surface area contributed by atoms with Gasteiger partial charge >= 0.3 is 5.97 Å². The van der Waals surface area contributed by atoms with Gasteiger partial charge in [-0.2, -0.15) is 0 Å². The van der Waals surface area contributed by atoms with E-state index in [1.807, 2.05) is 37.4 Å². The van der Waals surface area contributed by atoms with Gasteiger partial charge in [0.15, 0.2) is 0 Å². The highest BCUT2D eigenvalue weighted by molar-refractivity contribution is 7.13. The van der Waals surface area contributed by atoms with Crippen LogP contribution in [0, 0.1) is 11.3 Å². The van der Waals surface area contributed by atoms with Gasteiger partial charge in [-0.05, 0) is 50.7 Å². The lowest BCUT2D eigenvalue weighted by atomic mass is 9.85. The number of unbranched alkanes of at least 4 members (excludes halogenated alkanes) is 3. The maximum Gasteiger partial charge on any atom is 0.332 e. The molecule has 2 fully saturated rings. The summed E-state index contributed by atoms with van der Waals surface area (Å²) in [6.45, 7) is 17.8. The summed E-state index contributed by atoms with van der Waals surface area (Å²) in [5.41, 5.74) is 0.111. The number of halogens is 1. The molecule has 4 atom stereocenters. The summed E-state index contributed by atoms with van der Waals surface area (Å²) in [6.07, 6.45) is 8.06. The highest BCUT2D eigenvalue weighted by Crippen LogP contribution is 2.46. The molecule has 0 bridgehead atoms. The first kappa shape index (κ1) is 39.3. The Kier molecular flexibility index (Phi) is 12.4. The molecule has 1 unspecified atom stereocenters. The number of amides is 2. The third-order valence-electron chi connectivity index (χ3n) is 10.1. The van der Waals surface area contributed by atoms with Gasteiger partial charge in [-0.15, -0.1) is 24.5 Å². The number of nitrogens with zero attached hydrogens (tertiary/aromatic N) is 3. The van der Waals surface area contributed by atoms with Crippen molar-refractivity contribution >= 4 is 51.6 Å². The Hall–Kier alpha value is -3.96. The minimum Gasteiger partial charge on any atom is -0.495 e. The third-order valence-corrected chi connectivity index (χ3v) is 11.3. The summed E-state index contributed by atoms with van der Waals surface area (Å²) in [4.78, 5) is 53.0. The van der Waals surface area contributed by atoms with Crippen molar-refractivity contribution in [2.75, 3.05) is 20.3 Å². The van der Waals surface area contributed by atoms with Crippen LogP contribution in [0.15, 0.2) is 48.9 Å². The summed E-state index contributed by atoms with van der Waals surface area (Å²) in [7, 11) is 1.55. The lowest BCUT2D eigenvalue weighted by Gasteiger charge is -2.33. The Balaban J connectivity index is 1.48. The third kappa shape index (κ3) is 8.15. The standard InChI is InChI=1S/C40H51ClN4O6S/c1-9-12-13-14-15-18-39(6,7)37(47)45-22-26(19-30(45)35(46)44-40(21-25(40)10-2)38(48)50-11-3)51-32-20-28(36-43-29(23-52-36)24(4)5)42-34-27(32)16-17-31(49-8)33(34)41/h9-10,16-17,20,23-26,30H,1-2,11-15,18-19,21-22H2,3-8H3,(H,44,46)/t25-,26-,30?,40-/m1/s1. The van der Waals surface area contributed by atoms with Crippen molar-refractivity contribution in [3.63, 3.8) is 0 Å². The predicted octanol–water partition coefficient (Wildman–Crippen LogP) is 8.28. The van der Waals surface area contributed by atoms with Crippen LogP contribution in [0.4, 0.5) is 0 Å². The monoisotopic (exact) mass is 750 g/mol. The van der Waals surface area contributed by atoms with Gasteiger partial charge in [0, 0.05) is 34.6 Å². The smallest absolute Gasteiger partial charge is 0.332 e. The van der Waals surface area contributed by atoms with Crippen LogP contribution >= 0.6 is 22.9 Å². The molecule has 0 spiro atoms. The molecule has 10 nitrogen and oxygen atoms in total. The van der Waals surface area contributed by atoms with Gasteiger partial charge in [0.1, 0.15) is 44.9 Å². The van der Waals surface area contributed by atoms with E-state index in [1.54, 1.807) is 31.1 Å². The Morgan fingerprint density at radius 2 is 1.94 bits per heavy atom. The van der Waals surface area contributed by atoms with Crippen LogP contribution in [0.2, 0.25) is 5.02 Å². The maximum atomic E-state index is 14.4. The number of benzene rings is 1. The van der Waals surface area contributed by atoms with E-state index in [4.69, 9.17) is 35.8 Å². The van der Waals surface area contributed by atoms with Gasteiger partial charge in [-0.1, -0.05) is 64.3 Å². The number of rotatable bonds is 17. The molecule has 5 rings (SSSR count). The molecule has 1 aliphatic heterocycles. The normalized spacial score (nSPS) is 21.2. The van der Waals surface area contributed by atoms with E-state index in [1.165, 1.54) is 11.3 Å². The Morgan fingerprint density at radius 1 is 1.17 bits per heavy atom. The number of fused-ring (bicyclic) bond motifs is 1. The molecule has 1 saturated carbocycles. The van der Waals surface area contributed by atoms with E-state index in [-0.39, 0.29) is 37.3 Å². The average molecular weight is 751 g/mol. The summed E-state index contributed by atoms with van der Waals surface area (Å²) in [5.74, 6) is -0.0969. The lowest BCUT2D eigenvalue weighted by Crippen LogP contribution is -2.55. The van der Waals surface area contributed by atoms with Crippen molar-refractivity contribution in [2.45, 2.75) is 103 Å². The lowest BCUT2D eigenvalue weighted by molar-refractivity contribution is -0.151. The van der Waals surface area contributed by atoms with Crippen molar-refractivity contribution in [2.24, 2.45) is 11.3 Å². The van der Waals surface area contributed by atoms with Crippen molar-refractivity contribution < 1.29 is 28.6 Å². The minimum absolute atomic E-state index is 0.138. The van der Waals surface area contributed by atoms with E-state index in [2.05, 4.69) is 32.3 Å². The molecule has 1 saturated heterocycles. The van der Waals surface area contributed by atoms with Crippen LogP contribution in [-0.4, -0.2) is 70.6 Å². The molecular weight excluding hydrogens is 700 g/mol. The first-order chi connectivity index (χ1) is 24.8. The van der Waals surface area contributed by atoms with Crippen LogP contribution in [-0.2, 0) is 19.1 Å². The number of hydrogen-bond donors (Lipinski definition) is 1. The second kappa shape index (κ2) is 16.4. The summed E-state index contributed by atoms with van der Waals surface area (Å²) in [6, 6.07) is 4.57. The molecule has 2 aromatic heterocycles. The fourth-order valence-corrected chi connectivity index (χ4v) is 8.10. The van der Waals surface area contributed by atoms with Gasteiger partial charge in [-0.3, -0.25) is 9.59 Å². The van der Waals surface area contributed by atoms with E-state index >= 15 is 0 Å².